The highest BCUT2D eigenvalue weighted by Crippen LogP contribution is 2.27. The third-order valence-electron chi connectivity index (χ3n) is 3.37. The highest BCUT2D eigenvalue weighted by atomic mass is 16.5. The molecule has 2 N–H and O–H groups in total. The number of rotatable bonds is 6. The van der Waals surface area contributed by atoms with Gasteiger partial charge in [0.1, 0.15) is 12.4 Å². The average Bonchev–Trinajstić information content (AvgIpc) is 2.36. The molecule has 1 aromatic rings. The summed E-state index contributed by atoms with van der Waals surface area (Å²) < 4.78 is 5.81. The molecule has 2 atom stereocenters. The molecule has 0 heterocycles. The topological polar surface area (TPSA) is 41.5 Å². The van der Waals surface area contributed by atoms with E-state index in [9.17, 15) is 5.11 Å². The molecule has 0 bridgehead atoms. The molecular weight excluding hydrogens is 226 g/mol. The first-order valence-electron chi connectivity index (χ1n) is 6.52. The van der Waals surface area contributed by atoms with E-state index < -0.39 is 5.60 Å². The second-order valence-corrected chi connectivity index (χ2v) is 5.19. The van der Waals surface area contributed by atoms with Crippen LogP contribution in [0.25, 0.3) is 0 Å². The minimum atomic E-state index is -0.774. The van der Waals surface area contributed by atoms with Crippen molar-refractivity contribution in [2.75, 3.05) is 13.7 Å². The first kappa shape index (κ1) is 15.0. The molecule has 0 aliphatic rings. The second-order valence-electron chi connectivity index (χ2n) is 5.19. The van der Waals surface area contributed by atoms with E-state index in [4.69, 9.17) is 4.74 Å². The van der Waals surface area contributed by atoms with E-state index in [1.807, 2.05) is 27.0 Å². The summed E-state index contributed by atoms with van der Waals surface area (Å²) >= 11 is 0. The molecule has 18 heavy (non-hydrogen) atoms. The molecular formula is C15H25NO2. The van der Waals surface area contributed by atoms with E-state index in [2.05, 4.69) is 24.4 Å². The zero-order chi connectivity index (χ0) is 13.8. The van der Waals surface area contributed by atoms with E-state index in [-0.39, 0.29) is 6.04 Å². The number of ether oxygens (including phenoxy) is 1. The first-order chi connectivity index (χ1) is 8.39. The Morgan fingerprint density at radius 3 is 2.67 bits per heavy atom. The molecule has 0 aliphatic carbocycles. The second kappa shape index (κ2) is 6.21. The van der Waals surface area contributed by atoms with Gasteiger partial charge in [-0.15, -0.1) is 0 Å². The van der Waals surface area contributed by atoms with Crippen LogP contribution >= 0.6 is 0 Å². The number of hydrogen-bond donors (Lipinski definition) is 2. The van der Waals surface area contributed by atoms with E-state index in [1.54, 1.807) is 6.92 Å². The van der Waals surface area contributed by atoms with Crippen LogP contribution in [0, 0.1) is 6.92 Å². The van der Waals surface area contributed by atoms with Gasteiger partial charge in [-0.3, -0.25) is 0 Å². The lowest BCUT2D eigenvalue weighted by Crippen LogP contribution is -2.31. The van der Waals surface area contributed by atoms with Crippen molar-refractivity contribution in [3.05, 3.63) is 29.3 Å². The Bertz CT molecular complexity index is 388. The summed E-state index contributed by atoms with van der Waals surface area (Å²) in [6.07, 6.45) is 0.676. The molecule has 1 aromatic carbocycles. The van der Waals surface area contributed by atoms with Gasteiger partial charge in [0.05, 0.1) is 5.60 Å². The van der Waals surface area contributed by atoms with Gasteiger partial charge in [0, 0.05) is 11.6 Å². The maximum Gasteiger partial charge on any atom is 0.124 e. The molecule has 3 nitrogen and oxygen atoms in total. The minimum absolute atomic E-state index is 0.229. The van der Waals surface area contributed by atoms with Gasteiger partial charge >= 0.3 is 0 Å². The summed E-state index contributed by atoms with van der Waals surface area (Å²) in [7, 11) is 1.93. The first-order valence-corrected chi connectivity index (χ1v) is 6.52. The van der Waals surface area contributed by atoms with Crippen LogP contribution in [0.4, 0.5) is 0 Å². The van der Waals surface area contributed by atoms with Crippen molar-refractivity contribution in [2.24, 2.45) is 0 Å². The summed E-state index contributed by atoms with van der Waals surface area (Å²) in [5, 5.41) is 13.2. The van der Waals surface area contributed by atoms with Crippen LogP contribution in [0.2, 0.25) is 0 Å². The molecule has 0 saturated carbocycles. The van der Waals surface area contributed by atoms with Crippen LogP contribution in [0.3, 0.4) is 0 Å². The molecule has 1 rings (SSSR count). The molecule has 0 amide bonds. The van der Waals surface area contributed by atoms with E-state index >= 15 is 0 Å². The van der Waals surface area contributed by atoms with Crippen molar-refractivity contribution in [1.82, 2.24) is 5.32 Å². The maximum atomic E-state index is 10.00. The number of hydrogen-bond acceptors (Lipinski definition) is 3. The average molecular weight is 251 g/mol. The Morgan fingerprint density at radius 1 is 1.44 bits per heavy atom. The summed E-state index contributed by atoms with van der Waals surface area (Å²) in [6.45, 7) is 8.20. The summed E-state index contributed by atoms with van der Waals surface area (Å²) in [5.74, 6) is 0.852. The monoisotopic (exact) mass is 251 g/mol. The summed E-state index contributed by atoms with van der Waals surface area (Å²) in [5.41, 5.74) is 1.51. The van der Waals surface area contributed by atoms with Gasteiger partial charge in [0.2, 0.25) is 0 Å². The standard InChI is InChI=1S/C15H25NO2/c1-6-15(4,17)10-18-14-9-11(2)7-8-13(14)12(3)16-5/h7-9,12,16-17H,6,10H2,1-5H3. The normalized spacial score (nSPS) is 16.1. The van der Waals surface area contributed by atoms with Crippen LogP contribution in [-0.4, -0.2) is 24.4 Å². The Balaban J connectivity index is 2.89. The third kappa shape index (κ3) is 4.00. The van der Waals surface area contributed by atoms with E-state index in [0.717, 1.165) is 16.9 Å². The zero-order valence-electron chi connectivity index (χ0n) is 12.1. The lowest BCUT2D eigenvalue weighted by atomic mass is 10.0. The van der Waals surface area contributed by atoms with Crippen LogP contribution in [0.1, 0.15) is 44.4 Å². The molecule has 0 aromatic heterocycles. The molecule has 0 spiro atoms. The third-order valence-corrected chi connectivity index (χ3v) is 3.37. The quantitative estimate of drug-likeness (QED) is 0.817. The molecule has 0 aliphatic heterocycles. The highest BCUT2D eigenvalue weighted by molar-refractivity contribution is 5.39. The minimum Gasteiger partial charge on any atom is -0.490 e. The Labute approximate surface area is 110 Å². The fraction of sp³-hybridized carbons (Fsp3) is 0.600. The van der Waals surface area contributed by atoms with Crippen molar-refractivity contribution < 1.29 is 9.84 Å². The molecule has 3 heteroatoms. The fourth-order valence-electron chi connectivity index (χ4n) is 1.62. The lowest BCUT2D eigenvalue weighted by Gasteiger charge is -2.24. The predicted molar refractivity (Wildman–Crippen MR) is 75.1 cm³/mol. The number of aliphatic hydroxyl groups is 1. The highest BCUT2D eigenvalue weighted by Gasteiger charge is 2.20. The van der Waals surface area contributed by atoms with Crippen LogP contribution in [-0.2, 0) is 0 Å². The van der Waals surface area contributed by atoms with Crippen LogP contribution in [0.15, 0.2) is 18.2 Å². The van der Waals surface area contributed by atoms with Gasteiger partial charge in [-0.1, -0.05) is 19.1 Å². The predicted octanol–water partition coefficient (Wildman–Crippen LogP) is 2.82. The Hall–Kier alpha value is -1.06. The lowest BCUT2D eigenvalue weighted by molar-refractivity contribution is 0.00804. The molecule has 0 fully saturated rings. The van der Waals surface area contributed by atoms with Crippen molar-refractivity contribution in [3.8, 4) is 5.75 Å². The van der Waals surface area contributed by atoms with E-state index in [0.29, 0.717) is 13.0 Å². The number of aryl methyl sites for hydroxylation is 1. The summed E-state index contributed by atoms with van der Waals surface area (Å²) in [6, 6.07) is 6.40. The molecule has 0 radical (unpaired) electrons. The van der Waals surface area contributed by atoms with Gasteiger partial charge in [-0.05, 0) is 45.9 Å². The van der Waals surface area contributed by atoms with Gasteiger partial charge in [-0.2, -0.15) is 0 Å². The Kier molecular flexibility index (Phi) is 5.17. The van der Waals surface area contributed by atoms with Crippen molar-refractivity contribution in [3.63, 3.8) is 0 Å². The molecule has 102 valence electrons. The van der Waals surface area contributed by atoms with Gasteiger partial charge in [-0.25, -0.2) is 0 Å². The van der Waals surface area contributed by atoms with Crippen molar-refractivity contribution >= 4 is 0 Å². The van der Waals surface area contributed by atoms with Crippen molar-refractivity contribution in [1.29, 1.82) is 0 Å². The maximum absolute atomic E-state index is 10.00. The summed E-state index contributed by atoms with van der Waals surface area (Å²) in [4.78, 5) is 0. The largest absolute Gasteiger partial charge is 0.490 e. The van der Waals surface area contributed by atoms with Crippen LogP contribution < -0.4 is 10.1 Å². The smallest absolute Gasteiger partial charge is 0.124 e. The molecule has 2 unspecified atom stereocenters. The van der Waals surface area contributed by atoms with Crippen molar-refractivity contribution in [2.45, 2.75) is 45.8 Å². The van der Waals surface area contributed by atoms with Gasteiger partial charge < -0.3 is 15.2 Å². The van der Waals surface area contributed by atoms with Crippen LogP contribution in [0.5, 0.6) is 5.75 Å². The SMILES string of the molecule is CCC(C)(O)COc1cc(C)ccc1C(C)NC. The number of benzene rings is 1. The van der Waals surface area contributed by atoms with Gasteiger partial charge in [0.25, 0.3) is 0 Å². The zero-order valence-corrected chi connectivity index (χ0v) is 12.1. The Morgan fingerprint density at radius 2 is 2.11 bits per heavy atom. The molecule has 0 saturated heterocycles. The van der Waals surface area contributed by atoms with E-state index in [1.165, 1.54) is 0 Å². The fourth-order valence-corrected chi connectivity index (χ4v) is 1.62. The number of nitrogens with one attached hydrogen (secondary N) is 1. The van der Waals surface area contributed by atoms with Gasteiger partial charge in [0.15, 0.2) is 0 Å².